The molecule has 8 rings (SSSR count). The lowest BCUT2D eigenvalue weighted by Gasteiger charge is -2.47. The molecule has 0 fully saturated rings. The minimum absolute atomic E-state index is 0.0191. The molecule has 3 heterocycles. The molecule has 3 aliphatic rings. The zero-order valence-corrected chi connectivity index (χ0v) is 31.3. The standard InChI is InChI=1S/C45H52BNO/c1-41(2,3)27-19-21-28(22-20-27)47-36-18-14-16-30-37(36)46(40-38(47)29-15-13-17-31(39(29)48-40)42(4,5)6)35-26-33-32(25-34(35)45(30,11)12)43(7,8)23-24-44(33,9)10/h13-22,25-26H,23-24H2,1-12H3. The van der Waals surface area contributed by atoms with Crippen molar-refractivity contribution >= 4 is 51.3 Å². The number of fused-ring (bicyclic) bond motifs is 7. The van der Waals surface area contributed by atoms with Gasteiger partial charge >= 0.3 is 0 Å². The molecule has 0 spiro atoms. The number of anilines is 3. The van der Waals surface area contributed by atoms with E-state index in [0.717, 1.165) is 11.2 Å². The number of nitrogens with zero attached hydrogens (tertiary/aromatic N) is 1. The van der Waals surface area contributed by atoms with Gasteiger partial charge in [-0.15, -0.1) is 0 Å². The molecule has 0 unspecified atom stereocenters. The summed E-state index contributed by atoms with van der Waals surface area (Å²) in [6.45, 7) is 28.5. The maximum Gasteiger partial charge on any atom is 0.293 e. The molecule has 2 aliphatic heterocycles. The quantitative estimate of drug-likeness (QED) is 0.168. The summed E-state index contributed by atoms with van der Waals surface area (Å²) < 4.78 is 7.35. The van der Waals surface area contributed by atoms with Crippen LogP contribution in [0.25, 0.3) is 11.0 Å². The molecule has 0 bridgehead atoms. The van der Waals surface area contributed by atoms with E-state index in [1.165, 1.54) is 79.6 Å². The zero-order valence-electron chi connectivity index (χ0n) is 31.3. The number of hydrogen-bond acceptors (Lipinski definition) is 2. The van der Waals surface area contributed by atoms with E-state index in [1.807, 2.05) is 0 Å². The average molecular weight is 634 g/mol. The van der Waals surface area contributed by atoms with Gasteiger partial charge in [0.1, 0.15) is 5.58 Å². The van der Waals surface area contributed by atoms with Gasteiger partial charge in [-0.05, 0) is 92.0 Å². The van der Waals surface area contributed by atoms with Gasteiger partial charge in [0.2, 0.25) is 0 Å². The molecule has 3 heteroatoms. The molecule has 5 aromatic rings. The molecule has 0 radical (unpaired) electrons. The van der Waals surface area contributed by atoms with Crippen LogP contribution in [0.5, 0.6) is 0 Å². The summed E-state index contributed by atoms with van der Waals surface area (Å²) in [5, 5.41) is 1.19. The predicted molar refractivity (Wildman–Crippen MR) is 207 cm³/mol. The van der Waals surface area contributed by atoms with Crippen molar-refractivity contribution in [2.45, 2.75) is 123 Å². The molecule has 1 aromatic heterocycles. The maximum absolute atomic E-state index is 7.35. The van der Waals surface area contributed by atoms with E-state index < -0.39 is 0 Å². The highest BCUT2D eigenvalue weighted by Crippen LogP contribution is 2.50. The van der Waals surface area contributed by atoms with Crippen LogP contribution >= 0.6 is 0 Å². The monoisotopic (exact) mass is 633 g/mol. The third kappa shape index (κ3) is 4.31. The first-order valence-corrected chi connectivity index (χ1v) is 18.1. The first kappa shape index (κ1) is 31.5. The molecule has 1 aliphatic carbocycles. The summed E-state index contributed by atoms with van der Waals surface area (Å²) in [6.07, 6.45) is 2.41. The zero-order chi connectivity index (χ0) is 34.3. The fraction of sp³-hybridized carbons (Fsp3) is 0.422. The summed E-state index contributed by atoms with van der Waals surface area (Å²) in [5.74, 6) is 0. The molecule has 2 nitrogen and oxygen atoms in total. The van der Waals surface area contributed by atoms with Crippen LogP contribution in [0.2, 0.25) is 0 Å². The molecule has 0 N–H and O–H groups in total. The molecular formula is C45H52BNO. The summed E-state index contributed by atoms with van der Waals surface area (Å²) in [4.78, 5) is 2.52. The first-order chi connectivity index (χ1) is 22.3. The highest BCUT2D eigenvalue weighted by molar-refractivity contribution is 6.98. The Hall–Kier alpha value is -3.72. The third-order valence-corrected chi connectivity index (χ3v) is 12.3. The van der Waals surface area contributed by atoms with Crippen molar-refractivity contribution in [3.05, 3.63) is 106 Å². The number of benzene rings is 4. The minimum Gasteiger partial charge on any atom is -0.468 e. The van der Waals surface area contributed by atoms with Crippen molar-refractivity contribution in [2.75, 3.05) is 4.90 Å². The Labute approximate surface area is 289 Å². The van der Waals surface area contributed by atoms with Crippen LogP contribution in [0.4, 0.5) is 17.1 Å². The largest absolute Gasteiger partial charge is 0.468 e. The number of furan rings is 1. The second-order valence-corrected chi connectivity index (χ2v) is 18.9. The highest BCUT2D eigenvalue weighted by Gasteiger charge is 2.50. The Morgan fingerprint density at radius 1 is 0.667 bits per heavy atom. The maximum atomic E-state index is 7.35. The lowest BCUT2D eigenvalue weighted by molar-refractivity contribution is 0.331. The average Bonchev–Trinajstić information content (AvgIpc) is 3.39. The smallest absolute Gasteiger partial charge is 0.293 e. The van der Waals surface area contributed by atoms with Gasteiger partial charge < -0.3 is 9.32 Å². The topological polar surface area (TPSA) is 16.4 Å². The second kappa shape index (κ2) is 9.71. The summed E-state index contributed by atoms with van der Waals surface area (Å²) in [7, 11) is 0. The van der Waals surface area contributed by atoms with Crippen LogP contribution in [0.1, 0.15) is 129 Å². The first-order valence-electron chi connectivity index (χ1n) is 18.1. The predicted octanol–water partition coefficient (Wildman–Crippen LogP) is 10.3. The summed E-state index contributed by atoms with van der Waals surface area (Å²) in [6, 6.07) is 28.3. The van der Waals surface area contributed by atoms with Crippen LogP contribution in [-0.4, -0.2) is 6.71 Å². The van der Waals surface area contributed by atoms with E-state index in [4.69, 9.17) is 4.42 Å². The molecule has 4 aromatic carbocycles. The van der Waals surface area contributed by atoms with E-state index in [0.29, 0.717) is 0 Å². The third-order valence-electron chi connectivity index (χ3n) is 12.3. The van der Waals surface area contributed by atoms with Gasteiger partial charge in [0.25, 0.3) is 6.71 Å². The number of rotatable bonds is 1. The van der Waals surface area contributed by atoms with Crippen LogP contribution in [0.3, 0.4) is 0 Å². The lowest BCUT2D eigenvalue weighted by Crippen LogP contribution is -2.64. The van der Waals surface area contributed by atoms with Crippen molar-refractivity contribution in [2.24, 2.45) is 0 Å². The van der Waals surface area contributed by atoms with Crippen molar-refractivity contribution in [1.82, 2.24) is 0 Å². The van der Waals surface area contributed by atoms with Crippen molar-refractivity contribution in [1.29, 1.82) is 0 Å². The van der Waals surface area contributed by atoms with Gasteiger partial charge in [0, 0.05) is 27.7 Å². The van der Waals surface area contributed by atoms with Crippen LogP contribution < -0.4 is 21.5 Å². The summed E-state index contributed by atoms with van der Waals surface area (Å²) in [5.41, 5.74) is 17.2. The van der Waals surface area contributed by atoms with Crippen LogP contribution in [-0.2, 0) is 27.1 Å². The number of para-hydroxylation sites is 1. The summed E-state index contributed by atoms with van der Waals surface area (Å²) >= 11 is 0. The Morgan fingerprint density at radius 2 is 1.29 bits per heavy atom. The van der Waals surface area contributed by atoms with Gasteiger partial charge in [-0.2, -0.15) is 0 Å². The fourth-order valence-electron chi connectivity index (χ4n) is 9.22. The van der Waals surface area contributed by atoms with Crippen molar-refractivity contribution in [3.8, 4) is 0 Å². The van der Waals surface area contributed by atoms with Gasteiger partial charge in [-0.3, -0.25) is 0 Å². The highest BCUT2D eigenvalue weighted by atomic mass is 16.3. The molecule has 48 heavy (non-hydrogen) atoms. The van der Waals surface area contributed by atoms with Gasteiger partial charge in [0.15, 0.2) is 0 Å². The lowest BCUT2D eigenvalue weighted by atomic mass is 9.31. The molecule has 246 valence electrons. The molecule has 0 saturated heterocycles. The van der Waals surface area contributed by atoms with E-state index >= 15 is 0 Å². The Balaban J connectivity index is 1.49. The molecular weight excluding hydrogens is 581 g/mol. The minimum atomic E-state index is -0.161. The Bertz CT molecular complexity index is 2130. The Kier molecular flexibility index (Phi) is 6.38. The molecule has 0 amide bonds. The van der Waals surface area contributed by atoms with Crippen LogP contribution in [0, 0.1) is 0 Å². The van der Waals surface area contributed by atoms with Crippen molar-refractivity contribution in [3.63, 3.8) is 0 Å². The normalized spacial score (nSPS) is 18.7. The molecule has 0 saturated carbocycles. The second-order valence-electron chi connectivity index (χ2n) is 18.9. The van der Waals surface area contributed by atoms with Gasteiger partial charge in [0.05, 0.1) is 11.3 Å². The van der Waals surface area contributed by atoms with Gasteiger partial charge in [-0.1, -0.05) is 137 Å². The van der Waals surface area contributed by atoms with E-state index in [1.54, 1.807) is 0 Å². The van der Waals surface area contributed by atoms with E-state index in [-0.39, 0.29) is 33.8 Å². The van der Waals surface area contributed by atoms with E-state index in [2.05, 4.69) is 161 Å². The van der Waals surface area contributed by atoms with E-state index in [9.17, 15) is 0 Å². The Morgan fingerprint density at radius 3 is 1.92 bits per heavy atom. The van der Waals surface area contributed by atoms with Crippen LogP contribution in [0.15, 0.2) is 77.2 Å². The fourth-order valence-corrected chi connectivity index (χ4v) is 9.22. The molecule has 0 atom stereocenters. The van der Waals surface area contributed by atoms with Gasteiger partial charge in [-0.25, -0.2) is 0 Å². The SMILES string of the molecule is CC(C)(C)c1ccc(N2c3cccc4c3B(c3cc5c(cc3C4(C)C)C(C)(C)CCC5(C)C)c3oc4c(C(C)(C)C)cccc4c32)cc1. The number of hydrogen-bond donors (Lipinski definition) is 0. The van der Waals surface area contributed by atoms with Crippen molar-refractivity contribution < 1.29 is 4.42 Å².